The fraction of sp³-hybridized carbons (Fsp3) is 0.533. The first-order valence-corrected chi connectivity index (χ1v) is 6.75. The van der Waals surface area contributed by atoms with Gasteiger partial charge in [-0.25, -0.2) is 0 Å². The summed E-state index contributed by atoms with van der Waals surface area (Å²) in [5.41, 5.74) is 0.575. The van der Waals surface area contributed by atoms with Crippen molar-refractivity contribution in [1.29, 1.82) is 0 Å². The zero-order chi connectivity index (χ0) is 13.9. The van der Waals surface area contributed by atoms with E-state index in [2.05, 4.69) is 12.2 Å². The number of hydrogen-bond donors (Lipinski definition) is 2. The molecule has 2 N–H and O–H groups in total. The monoisotopic (exact) mass is 263 g/mol. The van der Waals surface area contributed by atoms with E-state index in [4.69, 9.17) is 4.74 Å². The minimum absolute atomic E-state index is 0.0151. The van der Waals surface area contributed by atoms with Crippen molar-refractivity contribution < 1.29 is 14.6 Å². The first-order chi connectivity index (χ1) is 9.10. The van der Waals surface area contributed by atoms with E-state index in [0.717, 1.165) is 12.8 Å². The number of phenolic OH excluding ortho intramolecular Hbond substituents is 1. The maximum atomic E-state index is 12.1. The SMILES string of the molecule is CCCC1(CNC(=O)c2cc(OC)ccc2O)CC1. The maximum absolute atomic E-state index is 12.1. The lowest BCUT2D eigenvalue weighted by molar-refractivity contribution is 0.0940. The van der Waals surface area contributed by atoms with Gasteiger partial charge in [0.05, 0.1) is 12.7 Å². The van der Waals surface area contributed by atoms with E-state index in [0.29, 0.717) is 17.7 Å². The molecule has 1 aromatic carbocycles. The number of benzene rings is 1. The zero-order valence-electron chi connectivity index (χ0n) is 11.5. The smallest absolute Gasteiger partial charge is 0.255 e. The predicted molar refractivity (Wildman–Crippen MR) is 73.6 cm³/mol. The third-order valence-corrected chi connectivity index (χ3v) is 3.81. The molecule has 1 amide bonds. The number of aromatic hydroxyl groups is 1. The number of methoxy groups -OCH3 is 1. The van der Waals surface area contributed by atoms with Crippen molar-refractivity contribution in [3.05, 3.63) is 23.8 Å². The molecule has 0 radical (unpaired) electrons. The molecule has 19 heavy (non-hydrogen) atoms. The minimum atomic E-state index is -0.237. The van der Waals surface area contributed by atoms with Gasteiger partial charge in [0.15, 0.2) is 0 Å². The van der Waals surface area contributed by atoms with Crippen LogP contribution in [0.5, 0.6) is 11.5 Å². The van der Waals surface area contributed by atoms with Crippen molar-refractivity contribution in [3.63, 3.8) is 0 Å². The lowest BCUT2D eigenvalue weighted by Gasteiger charge is -2.15. The Morgan fingerprint density at radius 1 is 1.47 bits per heavy atom. The lowest BCUT2D eigenvalue weighted by atomic mass is 10.0. The number of carbonyl (C=O) groups excluding carboxylic acids is 1. The van der Waals surface area contributed by atoms with Gasteiger partial charge in [-0.1, -0.05) is 13.3 Å². The van der Waals surface area contributed by atoms with Crippen LogP contribution in [-0.4, -0.2) is 24.7 Å². The first-order valence-electron chi connectivity index (χ1n) is 6.75. The standard InChI is InChI=1S/C15H21NO3/c1-3-6-15(7-8-15)10-16-14(18)12-9-11(19-2)4-5-13(12)17/h4-5,9,17H,3,6-8,10H2,1-2H3,(H,16,18). The quantitative estimate of drug-likeness (QED) is 0.829. The predicted octanol–water partition coefficient (Wildman–Crippen LogP) is 2.71. The first kappa shape index (κ1) is 13.7. The average Bonchev–Trinajstić information content (AvgIpc) is 3.17. The number of rotatable bonds is 6. The second-order valence-electron chi connectivity index (χ2n) is 5.32. The van der Waals surface area contributed by atoms with Crippen LogP contribution in [-0.2, 0) is 0 Å². The highest BCUT2D eigenvalue weighted by Crippen LogP contribution is 2.48. The topological polar surface area (TPSA) is 58.6 Å². The van der Waals surface area contributed by atoms with E-state index in [1.807, 2.05) is 0 Å². The summed E-state index contributed by atoms with van der Waals surface area (Å²) in [6.45, 7) is 2.85. The Kier molecular flexibility index (Phi) is 3.98. The van der Waals surface area contributed by atoms with Crippen LogP contribution in [0, 0.1) is 5.41 Å². The number of ether oxygens (including phenoxy) is 1. The van der Waals surface area contributed by atoms with Crippen LogP contribution in [0.3, 0.4) is 0 Å². The molecular weight excluding hydrogens is 242 g/mol. The van der Waals surface area contributed by atoms with E-state index in [1.165, 1.54) is 26.0 Å². The molecule has 104 valence electrons. The van der Waals surface area contributed by atoms with Crippen molar-refractivity contribution in [1.82, 2.24) is 5.32 Å². The van der Waals surface area contributed by atoms with E-state index in [-0.39, 0.29) is 17.2 Å². The van der Waals surface area contributed by atoms with Crippen LogP contribution < -0.4 is 10.1 Å². The van der Waals surface area contributed by atoms with Crippen molar-refractivity contribution in [2.45, 2.75) is 32.6 Å². The largest absolute Gasteiger partial charge is 0.507 e. The Labute approximate surface area is 113 Å². The molecule has 2 rings (SSSR count). The van der Waals surface area contributed by atoms with Crippen LogP contribution in [0.4, 0.5) is 0 Å². The molecule has 0 atom stereocenters. The van der Waals surface area contributed by atoms with Crippen molar-refractivity contribution in [2.75, 3.05) is 13.7 Å². The number of phenols is 1. The fourth-order valence-corrected chi connectivity index (χ4v) is 2.41. The molecule has 0 unspecified atom stereocenters. The highest BCUT2D eigenvalue weighted by atomic mass is 16.5. The van der Waals surface area contributed by atoms with Gasteiger partial charge in [0.1, 0.15) is 11.5 Å². The Hall–Kier alpha value is -1.71. The highest BCUT2D eigenvalue weighted by Gasteiger charge is 2.41. The van der Waals surface area contributed by atoms with Crippen LogP contribution in [0.2, 0.25) is 0 Å². The number of hydrogen-bond acceptors (Lipinski definition) is 3. The molecule has 0 aliphatic heterocycles. The van der Waals surface area contributed by atoms with Gasteiger partial charge < -0.3 is 15.2 Å². The minimum Gasteiger partial charge on any atom is -0.507 e. The van der Waals surface area contributed by atoms with Crippen molar-refractivity contribution in [2.24, 2.45) is 5.41 Å². The van der Waals surface area contributed by atoms with Crippen molar-refractivity contribution >= 4 is 5.91 Å². The van der Waals surface area contributed by atoms with Crippen LogP contribution >= 0.6 is 0 Å². The molecule has 0 saturated heterocycles. The normalized spacial score (nSPS) is 15.9. The fourth-order valence-electron chi connectivity index (χ4n) is 2.41. The third-order valence-electron chi connectivity index (χ3n) is 3.81. The summed E-state index contributed by atoms with van der Waals surface area (Å²) in [5, 5.41) is 12.7. The molecule has 1 aliphatic rings. The Bertz CT molecular complexity index is 466. The Morgan fingerprint density at radius 2 is 2.21 bits per heavy atom. The summed E-state index contributed by atoms with van der Waals surface area (Å²) in [4.78, 5) is 12.1. The molecule has 0 spiro atoms. The van der Waals surface area contributed by atoms with Gasteiger partial charge in [0.2, 0.25) is 0 Å². The lowest BCUT2D eigenvalue weighted by Crippen LogP contribution is -2.30. The molecule has 1 saturated carbocycles. The zero-order valence-corrected chi connectivity index (χ0v) is 11.5. The Balaban J connectivity index is 2.00. The number of carbonyl (C=O) groups is 1. The summed E-state index contributed by atoms with van der Waals surface area (Å²) in [6.07, 6.45) is 4.66. The van der Waals surface area contributed by atoms with E-state index < -0.39 is 0 Å². The van der Waals surface area contributed by atoms with E-state index in [1.54, 1.807) is 12.1 Å². The molecule has 1 fully saturated rings. The summed E-state index contributed by atoms with van der Waals surface area (Å²) in [5.74, 6) is 0.315. The van der Waals surface area contributed by atoms with Gasteiger partial charge >= 0.3 is 0 Å². The molecule has 0 aromatic heterocycles. The summed E-state index contributed by atoms with van der Waals surface area (Å²) >= 11 is 0. The number of nitrogens with one attached hydrogen (secondary N) is 1. The Morgan fingerprint density at radius 3 is 2.79 bits per heavy atom. The summed E-state index contributed by atoms with van der Waals surface area (Å²) < 4.78 is 5.07. The molecule has 1 aliphatic carbocycles. The summed E-state index contributed by atoms with van der Waals surface area (Å²) in [7, 11) is 1.54. The van der Waals surface area contributed by atoms with Gasteiger partial charge in [-0.3, -0.25) is 4.79 Å². The average molecular weight is 263 g/mol. The van der Waals surface area contributed by atoms with Crippen molar-refractivity contribution in [3.8, 4) is 11.5 Å². The van der Waals surface area contributed by atoms with Gasteiger partial charge in [-0.05, 0) is 42.9 Å². The van der Waals surface area contributed by atoms with E-state index >= 15 is 0 Å². The highest BCUT2D eigenvalue weighted by molar-refractivity contribution is 5.97. The third kappa shape index (κ3) is 3.19. The van der Waals surface area contributed by atoms with Gasteiger partial charge in [-0.15, -0.1) is 0 Å². The second kappa shape index (κ2) is 5.51. The molecule has 4 nitrogen and oxygen atoms in total. The van der Waals surface area contributed by atoms with Crippen LogP contribution in [0.1, 0.15) is 43.0 Å². The molecule has 4 heteroatoms. The maximum Gasteiger partial charge on any atom is 0.255 e. The van der Waals surface area contributed by atoms with Gasteiger partial charge in [0, 0.05) is 6.54 Å². The van der Waals surface area contributed by atoms with Crippen LogP contribution in [0.25, 0.3) is 0 Å². The molecule has 1 aromatic rings. The molecular formula is C15H21NO3. The summed E-state index contributed by atoms with van der Waals surface area (Å²) in [6, 6.07) is 4.67. The van der Waals surface area contributed by atoms with Gasteiger partial charge in [0.25, 0.3) is 5.91 Å². The number of amides is 1. The van der Waals surface area contributed by atoms with Gasteiger partial charge in [-0.2, -0.15) is 0 Å². The van der Waals surface area contributed by atoms with E-state index in [9.17, 15) is 9.90 Å². The molecule has 0 heterocycles. The molecule has 0 bridgehead atoms. The van der Waals surface area contributed by atoms with Crippen LogP contribution in [0.15, 0.2) is 18.2 Å². The second-order valence-corrected chi connectivity index (χ2v) is 5.32.